The van der Waals surface area contributed by atoms with Crippen molar-refractivity contribution in [1.82, 2.24) is 4.57 Å². The Kier molecular flexibility index (Phi) is 5.64. The number of carbonyl (C=O) groups is 1. The van der Waals surface area contributed by atoms with Crippen LogP contribution in [0.4, 0.5) is 4.39 Å². The van der Waals surface area contributed by atoms with E-state index in [1.165, 1.54) is 16.7 Å². The summed E-state index contributed by atoms with van der Waals surface area (Å²) in [6.07, 6.45) is 0.599. The Morgan fingerprint density at radius 2 is 1.84 bits per heavy atom. The van der Waals surface area contributed by atoms with E-state index in [4.69, 9.17) is 4.43 Å². The van der Waals surface area contributed by atoms with E-state index in [2.05, 4.69) is 33.9 Å². The summed E-state index contributed by atoms with van der Waals surface area (Å²) in [5.41, 5.74) is 0.528. The second-order valence-electron chi connectivity index (χ2n) is 7.77. The Morgan fingerprint density at radius 3 is 2.44 bits per heavy atom. The van der Waals surface area contributed by atoms with Gasteiger partial charge in [-0.05, 0) is 41.7 Å². The number of carbonyl (C=O) groups excluding carboxylic acids is 1. The quantitative estimate of drug-likeness (QED) is 0.578. The molecule has 0 amide bonds. The van der Waals surface area contributed by atoms with E-state index in [1.54, 1.807) is 12.1 Å². The average molecular weight is 364 g/mol. The number of nitrogens with zero attached hydrogens (tertiary/aromatic N) is 1. The highest BCUT2D eigenvalue weighted by Gasteiger charge is 2.36. The fourth-order valence-corrected chi connectivity index (χ4v) is 3.59. The number of aldehydes is 1. The van der Waals surface area contributed by atoms with E-state index >= 15 is 0 Å². The zero-order valence-electron chi connectivity index (χ0n) is 15.6. The van der Waals surface area contributed by atoms with Gasteiger partial charge in [-0.2, -0.15) is 0 Å². The molecule has 4 nitrogen and oxygen atoms in total. The van der Waals surface area contributed by atoms with E-state index in [-0.39, 0.29) is 22.6 Å². The summed E-state index contributed by atoms with van der Waals surface area (Å²) in [7, 11) is -1.93. The van der Waals surface area contributed by atoms with Gasteiger partial charge in [-0.3, -0.25) is 4.79 Å². The summed E-state index contributed by atoms with van der Waals surface area (Å²) in [6, 6.07) is 6.10. The lowest BCUT2D eigenvalue weighted by molar-refractivity contribution is -0.107. The van der Waals surface area contributed by atoms with E-state index in [9.17, 15) is 14.0 Å². The highest BCUT2D eigenvalue weighted by atomic mass is 28.4. The molecular weight excluding hydrogens is 337 g/mol. The predicted molar refractivity (Wildman–Crippen MR) is 101 cm³/mol. The summed E-state index contributed by atoms with van der Waals surface area (Å²) in [5.74, 6) is -0.468. The highest BCUT2D eigenvalue weighted by Crippen LogP contribution is 2.36. The van der Waals surface area contributed by atoms with Gasteiger partial charge in [0.2, 0.25) is 0 Å². The van der Waals surface area contributed by atoms with Crippen molar-refractivity contribution in [1.29, 1.82) is 0 Å². The first kappa shape index (κ1) is 19.5. The SMILES string of the molecule is CC(C)(C)[Si](C)(C)OCCn1c(=O)ccc2ccc(F)c(CC=O)c21. The molecule has 0 aliphatic rings. The molecular formula is C19H26FNO3Si. The number of pyridine rings is 1. The Labute approximate surface area is 148 Å². The van der Waals surface area contributed by atoms with Gasteiger partial charge in [-0.15, -0.1) is 0 Å². The molecule has 0 atom stereocenters. The van der Waals surface area contributed by atoms with Gasteiger partial charge in [0.15, 0.2) is 8.32 Å². The van der Waals surface area contributed by atoms with Gasteiger partial charge >= 0.3 is 0 Å². The topological polar surface area (TPSA) is 48.3 Å². The molecule has 2 aromatic rings. The molecule has 1 aromatic carbocycles. The summed E-state index contributed by atoms with van der Waals surface area (Å²) in [5, 5.41) is 0.816. The molecule has 0 unspecified atom stereocenters. The minimum Gasteiger partial charge on any atom is -0.415 e. The molecule has 0 N–H and O–H groups in total. The smallest absolute Gasteiger partial charge is 0.251 e. The molecule has 0 fully saturated rings. The summed E-state index contributed by atoms with van der Waals surface area (Å²) < 4.78 is 21.9. The first-order valence-electron chi connectivity index (χ1n) is 8.47. The van der Waals surface area contributed by atoms with E-state index in [0.29, 0.717) is 25.0 Å². The Bertz CT molecular complexity index is 837. The normalized spacial score (nSPS) is 12.6. The van der Waals surface area contributed by atoms with Gasteiger partial charge in [-0.1, -0.05) is 20.8 Å². The molecule has 0 saturated carbocycles. The lowest BCUT2D eigenvalue weighted by Gasteiger charge is -2.36. The number of fused-ring (bicyclic) bond motifs is 1. The third kappa shape index (κ3) is 4.07. The van der Waals surface area contributed by atoms with Crippen LogP contribution in [0.15, 0.2) is 29.1 Å². The maximum absolute atomic E-state index is 14.2. The van der Waals surface area contributed by atoms with Gasteiger partial charge < -0.3 is 13.8 Å². The Hall–Kier alpha value is -1.79. The van der Waals surface area contributed by atoms with Gasteiger partial charge in [0.1, 0.15) is 12.1 Å². The number of hydrogen-bond donors (Lipinski definition) is 0. The van der Waals surface area contributed by atoms with Gasteiger partial charge in [0, 0.05) is 24.6 Å². The molecule has 25 heavy (non-hydrogen) atoms. The van der Waals surface area contributed by atoms with Crippen molar-refractivity contribution < 1.29 is 13.6 Å². The standard InChI is InChI=1S/C19H26FNO3Si/c1-19(2,3)25(4,5)24-13-11-21-17(23)9-7-14-6-8-16(20)15(10-12-22)18(14)21/h6-9,12H,10-11,13H2,1-5H3. The molecule has 1 aromatic heterocycles. The van der Waals surface area contributed by atoms with Crippen LogP contribution in [0.25, 0.3) is 10.9 Å². The molecule has 0 saturated heterocycles. The summed E-state index contributed by atoms with van der Waals surface area (Å²) in [6.45, 7) is 11.5. The second-order valence-corrected chi connectivity index (χ2v) is 12.6. The van der Waals surface area contributed by atoms with Crippen LogP contribution < -0.4 is 5.56 Å². The Balaban J connectivity index is 2.41. The largest absolute Gasteiger partial charge is 0.415 e. The lowest BCUT2D eigenvalue weighted by Crippen LogP contribution is -2.41. The molecule has 0 aliphatic carbocycles. The van der Waals surface area contributed by atoms with Gasteiger partial charge in [0.05, 0.1) is 12.1 Å². The Morgan fingerprint density at radius 1 is 1.20 bits per heavy atom. The monoisotopic (exact) mass is 363 g/mol. The van der Waals surface area contributed by atoms with Crippen LogP contribution in [-0.2, 0) is 22.2 Å². The lowest BCUT2D eigenvalue weighted by atomic mass is 10.1. The molecule has 0 bridgehead atoms. The van der Waals surface area contributed by atoms with Crippen LogP contribution in [0.1, 0.15) is 26.3 Å². The van der Waals surface area contributed by atoms with Crippen molar-refractivity contribution in [2.24, 2.45) is 0 Å². The van der Waals surface area contributed by atoms with Gasteiger partial charge in [0.25, 0.3) is 5.56 Å². The fourth-order valence-electron chi connectivity index (χ4n) is 2.55. The summed E-state index contributed by atoms with van der Waals surface area (Å²) >= 11 is 0. The highest BCUT2D eigenvalue weighted by molar-refractivity contribution is 6.74. The third-order valence-corrected chi connectivity index (χ3v) is 9.61. The maximum atomic E-state index is 14.2. The van der Waals surface area contributed by atoms with Crippen LogP contribution in [0.5, 0.6) is 0 Å². The number of benzene rings is 1. The molecule has 136 valence electrons. The van der Waals surface area contributed by atoms with Crippen LogP contribution in [0.3, 0.4) is 0 Å². The van der Waals surface area contributed by atoms with Crippen molar-refractivity contribution in [3.8, 4) is 0 Å². The molecule has 2 rings (SSSR count). The second kappa shape index (κ2) is 7.21. The maximum Gasteiger partial charge on any atom is 0.251 e. The van der Waals surface area contributed by atoms with Crippen molar-refractivity contribution in [3.63, 3.8) is 0 Å². The molecule has 0 spiro atoms. The van der Waals surface area contributed by atoms with Crippen LogP contribution in [0.2, 0.25) is 18.1 Å². The van der Waals surface area contributed by atoms with E-state index in [1.807, 2.05) is 0 Å². The van der Waals surface area contributed by atoms with Crippen LogP contribution in [-0.4, -0.2) is 25.8 Å². The predicted octanol–water partition coefficient (Wildman–Crippen LogP) is 3.90. The zero-order valence-corrected chi connectivity index (χ0v) is 16.6. The first-order chi connectivity index (χ1) is 11.6. The third-order valence-electron chi connectivity index (χ3n) is 5.07. The van der Waals surface area contributed by atoms with Crippen molar-refractivity contribution in [3.05, 3.63) is 46.0 Å². The molecule has 1 heterocycles. The van der Waals surface area contributed by atoms with Crippen molar-refractivity contribution in [2.45, 2.75) is 51.9 Å². The summed E-state index contributed by atoms with van der Waals surface area (Å²) in [4.78, 5) is 23.3. The number of aromatic nitrogens is 1. The average Bonchev–Trinajstić information content (AvgIpc) is 2.51. The molecule has 6 heteroatoms. The van der Waals surface area contributed by atoms with Crippen LogP contribution in [0, 0.1) is 5.82 Å². The minimum absolute atomic E-state index is 0.0598. The van der Waals surface area contributed by atoms with E-state index in [0.717, 1.165) is 5.39 Å². The number of halogens is 1. The zero-order chi connectivity index (χ0) is 18.8. The van der Waals surface area contributed by atoms with Crippen LogP contribution >= 0.6 is 0 Å². The number of hydrogen-bond acceptors (Lipinski definition) is 3. The van der Waals surface area contributed by atoms with Crippen molar-refractivity contribution in [2.75, 3.05) is 6.61 Å². The molecule has 0 radical (unpaired) electrons. The number of rotatable bonds is 6. The first-order valence-corrected chi connectivity index (χ1v) is 11.4. The fraction of sp³-hybridized carbons (Fsp3) is 0.474. The van der Waals surface area contributed by atoms with Gasteiger partial charge in [-0.25, -0.2) is 4.39 Å². The van der Waals surface area contributed by atoms with E-state index < -0.39 is 14.1 Å². The molecule has 0 aliphatic heterocycles. The minimum atomic E-state index is -1.93. The van der Waals surface area contributed by atoms with Crippen molar-refractivity contribution >= 4 is 25.5 Å².